The van der Waals surface area contributed by atoms with E-state index >= 15 is 0 Å². The maximum atomic E-state index is 12.4. The highest BCUT2D eigenvalue weighted by Crippen LogP contribution is 2.14. The SMILES string of the molecule is CCCCCc1ccc(NC(=O)c2cc3ccccc3c(=O)[nH]2)cc1. The second-order valence-electron chi connectivity index (χ2n) is 6.21. The van der Waals surface area contributed by atoms with Gasteiger partial charge in [-0.15, -0.1) is 0 Å². The number of pyridine rings is 1. The van der Waals surface area contributed by atoms with Crippen molar-refractivity contribution in [1.29, 1.82) is 0 Å². The summed E-state index contributed by atoms with van der Waals surface area (Å²) in [5.41, 5.74) is 1.99. The molecule has 0 fully saturated rings. The fourth-order valence-electron chi connectivity index (χ4n) is 2.87. The van der Waals surface area contributed by atoms with E-state index in [0.29, 0.717) is 5.39 Å². The topological polar surface area (TPSA) is 62.0 Å². The molecule has 2 aromatic carbocycles. The van der Waals surface area contributed by atoms with E-state index in [1.807, 2.05) is 36.4 Å². The first kappa shape index (κ1) is 17.0. The van der Waals surface area contributed by atoms with Crippen molar-refractivity contribution in [2.45, 2.75) is 32.6 Å². The summed E-state index contributed by atoms with van der Waals surface area (Å²) in [7, 11) is 0. The van der Waals surface area contributed by atoms with Gasteiger partial charge in [-0.1, -0.05) is 50.1 Å². The highest BCUT2D eigenvalue weighted by Gasteiger charge is 2.09. The number of rotatable bonds is 6. The highest BCUT2D eigenvalue weighted by atomic mass is 16.2. The summed E-state index contributed by atoms with van der Waals surface area (Å²) in [6.45, 7) is 2.19. The molecule has 0 radical (unpaired) electrons. The van der Waals surface area contributed by atoms with Crippen LogP contribution in [0.15, 0.2) is 59.4 Å². The van der Waals surface area contributed by atoms with Gasteiger partial charge in [0, 0.05) is 11.1 Å². The van der Waals surface area contributed by atoms with Gasteiger partial charge in [-0.3, -0.25) is 9.59 Å². The zero-order valence-electron chi connectivity index (χ0n) is 14.3. The second kappa shape index (κ2) is 7.79. The van der Waals surface area contributed by atoms with Gasteiger partial charge in [0.1, 0.15) is 5.69 Å². The second-order valence-corrected chi connectivity index (χ2v) is 6.21. The van der Waals surface area contributed by atoms with E-state index in [2.05, 4.69) is 17.2 Å². The van der Waals surface area contributed by atoms with Crippen molar-refractivity contribution in [2.75, 3.05) is 5.32 Å². The van der Waals surface area contributed by atoms with E-state index in [-0.39, 0.29) is 17.2 Å². The lowest BCUT2D eigenvalue weighted by atomic mass is 10.1. The van der Waals surface area contributed by atoms with Crippen molar-refractivity contribution in [1.82, 2.24) is 4.98 Å². The van der Waals surface area contributed by atoms with Gasteiger partial charge in [0.05, 0.1) is 0 Å². The summed E-state index contributed by atoms with van der Waals surface area (Å²) >= 11 is 0. The van der Waals surface area contributed by atoms with Gasteiger partial charge in [0.25, 0.3) is 11.5 Å². The molecule has 25 heavy (non-hydrogen) atoms. The third-order valence-corrected chi connectivity index (χ3v) is 4.28. The number of carbonyl (C=O) groups excluding carboxylic acids is 1. The van der Waals surface area contributed by atoms with Crippen molar-refractivity contribution in [3.63, 3.8) is 0 Å². The molecule has 3 aromatic rings. The fraction of sp³-hybridized carbons (Fsp3) is 0.238. The molecule has 1 amide bonds. The van der Waals surface area contributed by atoms with Gasteiger partial charge in [0.15, 0.2) is 0 Å². The predicted molar refractivity (Wildman–Crippen MR) is 102 cm³/mol. The molecule has 0 aliphatic carbocycles. The molecule has 4 nitrogen and oxygen atoms in total. The largest absolute Gasteiger partial charge is 0.321 e. The number of amides is 1. The third-order valence-electron chi connectivity index (χ3n) is 4.28. The van der Waals surface area contributed by atoms with E-state index < -0.39 is 0 Å². The van der Waals surface area contributed by atoms with E-state index in [1.165, 1.54) is 24.8 Å². The molecule has 2 N–H and O–H groups in total. The molecular formula is C21H22N2O2. The summed E-state index contributed by atoms with van der Waals surface area (Å²) in [5.74, 6) is -0.318. The Balaban J connectivity index is 1.73. The Labute approximate surface area is 146 Å². The molecule has 0 aliphatic heterocycles. The number of aromatic amines is 1. The maximum absolute atomic E-state index is 12.4. The lowest BCUT2D eigenvalue weighted by molar-refractivity contribution is 0.102. The Bertz CT molecular complexity index is 927. The predicted octanol–water partition coefficient (Wildman–Crippen LogP) is 4.51. The summed E-state index contributed by atoms with van der Waals surface area (Å²) < 4.78 is 0. The smallest absolute Gasteiger partial charge is 0.272 e. The fourth-order valence-corrected chi connectivity index (χ4v) is 2.87. The number of hydrogen-bond acceptors (Lipinski definition) is 2. The number of unbranched alkanes of at least 4 members (excludes halogenated alkanes) is 2. The van der Waals surface area contributed by atoms with Crippen LogP contribution in [0.1, 0.15) is 42.2 Å². The van der Waals surface area contributed by atoms with Crippen LogP contribution >= 0.6 is 0 Å². The summed E-state index contributed by atoms with van der Waals surface area (Å²) in [6, 6.07) is 16.8. The first-order valence-corrected chi connectivity index (χ1v) is 8.69. The van der Waals surface area contributed by atoms with Gasteiger partial charge in [-0.25, -0.2) is 0 Å². The first-order valence-electron chi connectivity index (χ1n) is 8.69. The van der Waals surface area contributed by atoms with Crippen LogP contribution in [0.25, 0.3) is 10.8 Å². The number of aromatic nitrogens is 1. The number of H-pyrrole nitrogens is 1. The lowest BCUT2D eigenvalue weighted by Gasteiger charge is -2.07. The van der Waals surface area contributed by atoms with Crippen molar-refractivity contribution >= 4 is 22.4 Å². The summed E-state index contributed by atoms with van der Waals surface area (Å²) in [6.07, 6.45) is 4.67. The molecule has 0 spiro atoms. The van der Waals surface area contributed by atoms with Crippen LogP contribution in [0, 0.1) is 0 Å². The van der Waals surface area contributed by atoms with Crippen LogP contribution in [0.2, 0.25) is 0 Å². The van der Waals surface area contributed by atoms with E-state index in [0.717, 1.165) is 17.5 Å². The quantitative estimate of drug-likeness (QED) is 0.651. The minimum atomic E-state index is -0.318. The Morgan fingerprint density at radius 2 is 1.80 bits per heavy atom. The van der Waals surface area contributed by atoms with Gasteiger partial charge >= 0.3 is 0 Å². The van der Waals surface area contributed by atoms with Gasteiger partial charge < -0.3 is 10.3 Å². The Morgan fingerprint density at radius 1 is 1.04 bits per heavy atom. The number of benzene rings is 2. The number of aryl methyl sites for hydroxylation is 1. The monoisotopic (exact) mass is 334 g/mol. The average molecular weight is 334 g/mol. The zero-order valence-corrected chi connectivity index (χ0v) is 14.3. The van der Waals surface area contributed by atoms with Crippen LogP contribution in [0.4, 0.5) is 5.69 Å². The van der Waals surface area contributed by atoms with Crippen LogP contribution in [0.5, 0.6) is 0 Å². The number of fused-ring (bicyclic) bond motifs is 1. The van der Waals surface area contributed by atoms with Gasteiger partial charge in [-0.2, -0.15) is 0 Å². The van der Waals surface area contributed by atoms with Crippen LogP contribution in [0.3, 0.4) is 0 Å². The van der Waals surface area contributed by atoms with Crippen LogP contribution in [-0.4, -0.2) is 10.9 Å². The molecule has 0 saturated heterocycles. The minimum Gasteiger partial charge on any atom is -0.321 e. The maximum Gasteiger partial charge on any atom is 0.272 e. The zero-order chi connectivity index (χ0) is 17.6. The van der Waals surface area contributed by atoms with E-state index in [9.17, 15) is 9.59 Å². The van der Waals surface area contributed by atoms with E-state index in [1.54, 1.807) is 18.2 Å². The molecule has 0 atom stereocenters. The number of hydrogen-bond donors (Lipinski definition) is 2. The van der Waals surface area contributed by atoms with Crippen molar-refractivity contribution < 1.29 is 4.79 Å². The molecule has 3 rings (SSSR count). The summed E-state index contributed by atoms with van der Waals surface area (Å²) in [4.78, 5) is 27.2. The molecule has 1 heterocycles. The van der Waals surface area contributed by atoms with Crippen molar-refractivity contribution in [2.24, 2.45) is 0 Å². The summed E-state index contributed by atoms with van der Waals surface area (Å²) in [5, 5.41) is 4.17. The molecule has 1 aromatic heterocycles. The Morgan fingerprint density at radius 3 is 2.56 bits per heavy atom. The van der Waals surface area contributed by atoms with Crippen LogP contribution in [-0.2, 0) is 6.42 Å². The number of anilines is 1. The average Bonchev–Trinajstić information content (AvgIpc) is 2.63. The van der Waals surface area contributed by atoms with Gasteiger partial charge in [0.2, 0.25) is 0 Å². The Kier molecular flexibility index (Phi) is 5.29. The Hall–Kier alpha value is -2.88. The molecule has 0 unspecified atom stereocenters. The first-order chi connectivity index (χ1) is 12.2. The lowest BCUT2D eigenvalue weighted by Crippen LogP contribution is -2.18. The number of carbonyl (C=O) groups is 1. The van der Waals surface area contributed by atoms with Crippen molar-refractivity contribution in [3.8, 4) is 0 Å². The van der Waals surface area contributed by atoms with Gasteiger partial charge in [-0.05, 0) is 48.1 Å². The molecule has 0 aliphatic rings. The molecule has 0 saturated carbocycles. The van der Waals surface area contributed by atoms with Crippen molar-refractivity contribution in [3.05, 3.63) is 76.2 Å². The highest BCUT2D eigenvalue weighted by molar-refractivity contribution is 6.04. The molecule has 4 heteroatoms. The minimum absolute atomic E-state index is 0.255. The number of nitrogens with one attached hydrogen (secondary N) is 2. The standard InChI is InChI=1S/C21H22N2O2/c1-2-3-4-7-15-10-12-17(13-11-15)22-21(25)19-14-16-8-5-6-9-18(16)20(24)23-19/h5-6,8-14H,2-4,7H2,1H3,(H,22,25)(H,23,24). The third kappa shape index (κ3) is 4.15. The van der Waals surface area contributed by atoms with E-state index in [4.69, 9.17) is 0 Å². The van der Waals surface area contributed by atoms with Crippen LogP contribution < -0.4 is 10.9 Å². The normalized spacial score (nSPS) is 10.8. The molecular weight excluding hydrogens is 312 g/mol. The molecule has 0 bridgehead atoms. The molecule has 128 valence electrons.